The third-order valence-corrected chi connectivity index (χ3v) is 6.92. The first-order valence-corrected chi connectivity index (χ1v) is 13.7. The lowest BCUT2D eigenvalue weighted by Crippen LogP contribution is -2.56. The van der Waals surface area contributed by atoms with E-state index in [1.54, 1.807) is 18.7 Å². The number of aryl methyl sites for hydroxylation is 1. The summed E-state index contributed by atoms with van der Waals surface area (Å²) in [6.07, 6.45) is 1.18. The predicted octanol–water partition coefficient (Wildman–Crippen LogP) is 4.26. The summed E-state index contributed by atoms with van der Waals surface area (Å²) in [5, 5.41) is 8.64. The van der Waals surface area contributed by atoms with Crippen LogP contribution in [0.4, 0.5) is 10.5 Å². The molecule has 40 heavy (non-hydrogen) atoms. The first-order valence-electron chi connectivity index (χ1n) is 13.7. The Balaban J connectivity index is 1.54. The van der Waals surface area contributed by atoms with E-state index in [1.807, 2.05) is 86.6 Å². The molecule has 0 aliphatic carbocycles. The number of rotatable bonds is 8. The van der Waals surface area contributed by atoms with Gasteiger partial charge in [0.2, 0.25) is 11.8 Å². The highest BCUT2D eigenvalue weighted by Crippen LogP contribution is 2.30. The first kappa shape index (κ1) is 28.8. The largest absolute Gasteiger partial charge is 0.343 e. The second kappa shape index (κ2) is 12.3. The minimum Gasteiger partial charge on any atom is -0.343 e. The van der Waals surface area contributed by atoms with E-state index >= 15 is 0 Å². The van der Waals surface area contributed by atoms with Gasteiger partial charge in [-0.1, -0.05) is 66.7 Å². The van der Waals surface area contributed by atoms with Crippen molar-refractivity contribution in [1.29, 1.82) is 0 Å². The third-order valence-electron chi connectivity index (χ3n) is 6.92. The lowest BCUT2D eigenvalue weighted by Gasteiger charge is -2.28. The van der Waals surface area contributed by atoms with E-state index in [4.69, 9.17) is 5.73 Å². The van der Waals surface area contributed by atoms with Gasteiger partial charge < -0.3 is 26.6 Å². The van der Waals surface area contributed by atoms with Crippen molar-refractivity contribution < 1.29 is 14.4 Å². The maximum Gasteiger partial charge on any atom is 0.315 e. The van der Waals surface area contributed by atoms with Crippen LogP contribution in [0.25, 0.3) is 11.1 Å². The number of hydrogen-bond acceptors (Lipinski definition) is 4. The molecule has 0 bridgehead atoms. The van der Waals surface area contributed by atoms with Crippen LogP contribution in [0.15, 0.2) is 72.8 Å². The molecule has 0 fully saturated rings. The topological polar surface area (TPSA) is 117 Å². The minimum atomic E-state index is -1.08. The van der Waals surface area contributed by atoms with Crippen LogP contribution in [0.1, 0.15) is 50.8 Å². The second-order valence-corrected chi connectivity index (χ2v) is 11.2. The van der Waals surface area contributed by atoms with Gasteiger partial charge in [0.15, 0.2) is 0 Å². The van der Waals surface area contributed by atoms with E-state index in [0.29, 0.717) is 25.9 Å². The number of anilines is 1. The molecule has 1 atom stereocenters. The maximum atomic E-state index is 13.7. The Bertz CT molecular complexity index is 1360. The van der Waals surface area contributed by atoms with Gasteiger partial charge in [0.05, 0.1) is 12.1 Å². The number of carbonyl (C=O) groups is 3. The molecule has 0 spiro atoms. The van der Waals surface area contributed by atoms with Gasteiger partial charge in [0.25, 0.3) is 0 Å². The molecule has 0 saturated heterocycles. The summed E-state index contributed by atoms with van der Waals surface area (Å²) in [7, 11) is 0. The lowest BCUT2D eigenvalue weighted by atomic mass is 9.98. The number of hydrogen-bond donors (Lipinski definition) is 4. The molecule has 8 heteroatoms. The monoisotopic (exact) mass is 541 g/mol. The molecule has 1 heterocycles. The number of nitrogens with two attached hydrogens (primary N) is 1. The van der Waals surface area contributed by atoms with Crippen molar-refractivity contribution in [2.45, 2.75) is 71.2 Å². The Morgan fingerprint density at radius 2 is 1.68 bits per heavy atom. The number of fused-ring (bicyclic) bond motifs is 1. The van der Waals surface area contributed by atoms with Gasteiger partial charge in [0, 0.05) is 18.3 Å². The summed E-state index contributed by atoms with van der Waals surface area (Å²) in [5.74, 6) is -0.501. The van der Waals surface area contributed by atoms with Crippen molar-refractivity contribution in [3.05, 3.63) is 89.5 Å². The summed E-state index contributed by atoms with van der Waals surface area (Å²) >= 11 is 0. The molecule has 0 radical (unpaired) electrons. The first-order chi connectivity index (χ1) is 19.0. The average Bonchev–Trinajstić information content (AvgIpc) is 3.04. The number of nitrogens with zero attached hydrogens (tertiary/aromatic N) is 1. The third kappa shape index (κ3) is 7.07. The van der Waals surface area contributed by atoms with Crippen molar-refractivity contribution in [3.8, 4) is 11.1 Å². The van der Waals surface area contributed by atoms with Gasteiger partial charge in [-0.2, -0.15) is 0 Å². The van der Waals surface area contributed by atoms with Crippen molar-refractivity contribution in [2.75, 3.05) is 4.90 Å². The average molecular weight is 542 g/mol. The fourth-order valence-corrected chi connectivity index (χ4v) is 4.77. The standard InChI is InChI=1S/C32H39N5O3/c1-21(2)35-31(40)34-19-25-10-5-7-11-26(25)23-15-13-22(14-16-23)20-37-28-12-8-6-9-24(28)17-18-27(29(37)38)36-30(39)32(3,4)33/h5-16,21,27H,17-20,33H2,1-4H3,(H,36,39)(H2,34,35,40)/t27-/m1/s1. The molecule has 3 aromatic carbocycles. The summed E-state index contributed by atoms with van der Waals surface area (Å²) < 4.78 is 0. The molecule has 0 aromatic heterocycles. The number of nitrogens with one attached hydrogen (secondary N) is 3. The molecule has 0 saturated carbocycles. The molecular weight excluding hydrogens is 502 g/mol. The number of urea groups is 1. The molecular formula is C32H39N5O3. The molecule has 0 unspecified atom stereocenters. The SMILES string of the molecule is CC(C)NC(=O)NCc1ccccc1-c1ccc(CN2C(=O)[C@H](NC(=O)C(C)(C)N)CCc3ccccc32)cc1. The molecule has 1 aliphatic heterocycles. The summed E-state index contributed by atoms with van der Waals surface area (Å²) in [6.45, 7) is 7.88. The Kier molecular flexibility index (Phi) is 8.90. The van der Waals surface area contributed by atoms with Crippen LogP contribution in [0, 0.1) is 0 Å². The number of benzene rings is 3. The van der Waals surface area contributed by atoms with Gasteiger partial charge in [-0.15, -0.1) is 0 Å². The van der Waals surface area contributed by atoms with E-state index in [1.165, 1.54) is 0 Å². The zero-order valence-corrected chi connectivity index (χ0v) is 23.7. The van der Waals surface area contributed by atoms with Gasteiger partial charge in [-0.25, -0.2) is 4.79 Å². The number of carbonyl (C=O) groups excluding carboxylic acids is 3. The Hall–Kier alpha value is -4.17. The minimum absolute atomic E-state index is 0.0601. The second-order valence-electron chi connectivity index (χ2n) is 11.2. The van der Waals surface area contributed by atoms with Crippen LogP contribution in [0.2, 0.25) is 0 Å². The van der Waals surface area contributed by atoms with Gasteiger partial charge in [0.1, 0.15) is 6.04 Å². The van der Waals surface area contributed by atoms with E-state index < -0.39 is 11.6 Å². The Labute approximate surface area is 236 Å². The van der Waals surface area contributed by atoms with Crippen LogP contribution in [-0.4, -0.2) is 35.5 Å². The summed E-state index contributed by atoms with van der Waals surface area (Å²) in [6, 6.07) is 23.2. The fraction of sp³-hybridized carbons (Fsp3) is 0.344. The van der Waals surface area contributed by atoms with E-state index in [0.717, 1.165) is 33.5 Å². The van der Waals surface area contributed by atoms with Crippen LogP contribution in [0.3, 0.4) is 0 Å². The van der Waals surface area contributed by atoms with E-state index in [2.05, 4.69) is 16.0 Å². The zero-order chi connectivity index (χ0) is 28.9. The quantitative estimate of drug-likeness (QED) is 0.341. The normalized spacial score (nSPS) is 15.3. The van der Waals surface area contributed by atoms with Crippen molar-refractivity contribution in [1.82, 2.24) is 16.0 Å². The maximum absolute atomic E-state index is 13.7. The molecule has 8 nitrogen and oxygen atoms in total. The molecule has 5 N–H and O–H groups in total. The molecule has 3 aromatic rings. The van der Waals surface area contributed by atoms with Crippen molar-refractivity contribution in [3.63, 3.8) is 0 Å². The van der Waals surface area contributed by atoms with Crippen LogP contribution in [0.5, 0.6) is 0 Å². The van der Waals surface area contributed by atoms with Crippen LogP contribution in [-0.2, 0) is 29.1 Å². The van der Waals surface area contributed by atoms with Gasteiger partial charge >= 0.3 is 6.03 Å². The Morgan fingerprint density at radius 1 is 1.00 bits per heavy atom. The van der Waals surface area contributed by atoms with Crippen LogP contribution >= 0.6 is 0 Å². The highest BCUT2D eigenvalue weighted by atomic mass is 16.2. The van der Waals surface area contributed by atoms with Gasteiger partial charge in [-0.05, 0) is 74.4 Å². The lowest BCUT2D eigenvalue weighted by molar-refractivity contribution is -0.130. The molecule has 1 aliphatic rings. The molecule has 4 amide bonds. The van der Waals surface area contributed by atoms with E-state index in [9.17, 15) is 14.4 Å². The Morgan fingerprint density at radius 3 is 2.38 bits per heavy atom. The van der Waals surface area contributed by atoms with Crippen molar-refractivity contribution in [2.24, 2.45) is 5.73 Å². The highest BCUT2D eigenvalue weighted by Gasteiger charge is 2.34. The number of para-hydroxylation sites is 1. The molecule has 210 valence electrons. The fourth-order valence-electron chi connectivity index (χ4n) is 4.77. The van der Waals surface area contributed by atoms with Crippen molar-refractivity contribution >= 4 is 23.5 Å². The predicted molar refractivity (Wildman–Crippen MR) is 159 cm³/mol. The molecule has 4 rings (SSSR count). The van der Waals surface area contributed by atoms with Crippen LogP contribution < -0.4 is 26.6 Å². The smallest absolute Gasteiger partial charge is 0.315 e. The van der Waals surface area contributed by atoms with Gasteiger partial charge in [-0.3, -0.25) is 9.59 Å². The zero-order valence-electron chi connectivity index (χ0n) is 23.7. The highest BCUT2D eigenvalue weighted by molar-refractivity contribution is 6.01. The van der Waals surface area contributed by atoms with E-state index in [-0.39, 0.29) is 23.9 Å². The summed E-state index contributed by atoms with van der Waals surface area (Å²) in [5.41, 5.74) is 10.9. The number of amides is 4. The summed E-state index contributed by atoms with van der Waals surface area (Å²) in [4.78, 5) is 40.2.